The molecule has 21 nitrogen and oxygen atoms in total. The quantitative estimate of drug-likeness (QED) is 0.0834. The van der Waals surface area contributed by atoms with Crippen molar-refractivity contribution in [2.45, 2.75) is 135 Å². The summed E-state index contributed by atoms with van der Waals surface area (Å²) in [6, 6.07) is -4.88. The first-order valence-electron chi connectivity index (χ1n) is 16.2. The number of carbonyl (C=O) groups excluding carboxylic acids is 1. The highest BCUT2D eigenvalue weighted by atomic mass is 19.3. The Labute approximate surface area is 285 Å². The summed E-state index contributed by atoms with van der Waals surface area (Å²) in [7, 11) is 0. The molecule has 3 heterocycles. The van der Waals surface area contributed by atoms with E-state index in [0.29, 0.717) is 0 Å². The average Bonchev–Trinajstić information content (AvgIpc) is 3.38. The van der Waals surface area contributed by atoms with Crippen LogP contribution < -0.4 is 39.7 Å². The Morgan fingerprint density at radius 2 is 1.34 bits per heavy atom. The SMILES string of the molecule is NC[C@@H]1O[C@H](O[C@H]2[C@@H](O)[C@H](O[C@@H]3[C@@H](O)[C@H](NC(=O)C(O)C(F)(F)CN)C[C@H](N)[C@H]3O[C@H]3O[C@H](CN)[C@@H](O)C[C@H]3N)O[C@@H]2CO)[C@H](N)[C@@H](O)[C@@H]1O. The Morgan fingerprint density at radius 3 is 1.94 bits per heavy atom. The topological polar surface area (TPSA) is 382 Å². The summed E-state index contributed by atoms with van der Waals surface area (Å²) in [4.78, 5) is 12.6. The number of hydrogen-bond donors (Lipinski definition) is 14. The monoisotopic (exact) mass is 735 g/mol. The fourth-order valence-corrected chi connectivity index (χ4v) is 6.40. The maximum atomic E-state index is 14.0. The fourth-order valence-electron chi connectivity index (χ4n) is 6.40. The van der Waals surface area contributed by atoms with Crippen LogP contribution in [0.4, 0.5) is 8.78 Å². The van der Waals surface area contributed by atoms with Crippen LogP contribution in [0.15, 0.2) is 0 Å². The van der Waals surface area contributed by atoms with Gasteiger partial charge < -0.3 is 104 Å². The zero-order valence-electron chi connectivity index (χ0n) is 26.9. The summed E-state index contributed by atoms with van der Waals surface area (Å²) >= 11 is 0. The number of rotatable bonds is 13. The Kier molecular flexibility index (Phi) is 14.2. The van der Waals surface area contributed by atoms with E-state index in [0.717, 1.165) is 0 Å². The van der Waals surface area contributed by atoms with Crippen LogP contribution >= 0.6 is 0 Å². The predicted octanol–water partition coefficient (Wildman–Crippen LogP) is -8.75. The van der Waals surface area contributed by atoms with Gasteiger partial charge in [0.15, 0.2) is 25.0 Å². The molecule has 4 aliphatic rings. The van der Waals surface area contributed by atoms with E-state index in [1.165, 1.54) is 0 Å². The Morgan fingerprint density at radius 1 is 0.760 bits per heavy atom. The third-order valence-corrected chi connectivity index (χ3v) is 9.43. The molecule has 50 heavy (non-hydrogen) atoms. The van der Waals surface area contributed by atoms with Crippen LogP contribution in [0.5, 0.6) is 0 Å². The zero-order valence-corrected chi connectivity index (χ0v) is 26.9. The van der Waals surface area contributed by atoms with Gasteiger partial charge in [0.1, 0.15) is 54.9 Å². The first-order valence-corrected chi connectivity index (χ1v) is 16.2. The molecule has 0 aromatic heterocycles. The van der Waals surface area contributed by atoms with E-state index in [4.69, 9.17) is 62.8 Å². The number of aliphatic hydroxyl groups excluding tert-OH is 7. The lowest BCUT2D eigenvalue weighted by atomic mass is 9.83. The Hall–Kier alpha value is -1.43. The van der Waals surface area contributed by atoms with E-state index >= 15 is 0 Å². The van der Waals surface area contributed by atoms with Gasteiger partial charge in [0.25, 0.3) is 11.8 Å². The second-order valence-electron chi connectivity index (χ2n) is 13.0. The lowest BCUT2D eigenvalue weighted by Gasteiger charge is -2.47. The van der Waals surface area contributed by atoms with Crippen LogP contribution in [0, 0.1) is 0 Å². The minimum absolute atomic E-state index is 0.00173. The van der Waals surface area contributed by atoms with E-state index in [9.17, 15) is 49.3 Å². The first-order chi connectivity index (χ1) is 23.5. The summed E-state index contributed by atoms with van der Waals surface area (Å²) in [6.07, 6.45) is -23.1. The molecule has 23 heteroatoms. The maximum absolute atomic E-state index is 14.0. The van der Waals surface area contributed by atoms with Crippen LogP contribution in [0.1, 0.15) is 12.8 Å². The van der Waals surface area contributed by atoms with Crippen LogP contribution in [-0.2, 0) is 33.2 Å². The fraction of sp³-hybridized carbons (Fsp3) is 0.963. The van der Waals surface area contributed by atoms with Crippen molar-refractivity contribution in [3.8, 4) is 0 Å². The number of alkyl halides is 2. The van der Waals surface area contributed by atoms with Gasteiger partial charge in [0.2, 0.25) is 0 Å². The molecule has 1 aliphatic carbocycles. The maximum Gasteiger partial charge on any atom is 0.294 e. The van der Waals surface area contributed by atoms with Gasteiger partial charge >= 0.3 is 0 Å². The molecule has 0 bridgehead atoms. The number of nitrogens with two attached hydrogens (primary N) is 6. The molecule has 4 rings (SSSR count). The summed E-state index contributed by atoms with van der Waals surface area (Å²) in [5.74, 6) is -5.59. The standard InChI is InChI=1S/C27H51F2N7O14/c28-27(29,6-32)22(43)23(44)36-9-1-7(33)19(48-24-8(34)2-10(38)11(3-30)45-24)21(15(9)39)50-26-18(42)20(13(5-37)47-26)49-25-14(35)17(41)16(40)12(4-31)46-25/h7-22,24-26,37-43H,1-6,30-35H2,(H,36,44)/t7-,8+,9+,10-,11+,12-,13+,14+,15-,16+,17+,18+,19+,20+,21+,22?,24+,25+,26-/m0/s1. The summed E-state index contributed by atoms with van der Waals surface area (Å²) in [5, 5.41) is 75.6. The van der Waals surface area contributed by atoms with Gasteiger partial charge in [-0.15, -0.1) is 0 Å². The molecule has 0 aromatic rings. The summed E-state index contributed by atoms with van der Waals surface area (Å²) in [6.45, 7) is -2.46. The van der Waals surface area contributed by atoms with Crippen molar-refractivity contribution >= 4 is 5.91 Å². The molecule has 19 atom stereocenters. The van der Waals surface area contributed by atoms with Gasteiger partial charge in [0, 0.05) is 19.1 Å². The van der Waals surface area contributed by atoms with Crippen molar-refractivity contribution in [1.29, 1.82) is 0 Å². The number of ether oxygens (including phenoxy) is 6. The van der Waals surface area contributed by atoms with Gasteiger partial charge in [-0.3, -0.25) is 4.79 Å². The molecule has 1 unspecified atom stereocenters. The normalized spacial score (nSPS) is 46.5. The highest BCUT2D eigenvalue weighted by Crippen LogP contribution is 2.35. The molecule has 1 amide bonds. The number of hydrogen-bond acceptors (Lipinski definition) is 20. The van der Waals surface area contributed by atoms with E-state index < -0.39 is 141 Å². The number of carbonyl (C=O) groups is 1. The van der Waals surface area contributed by atoms with E-state index in [-0.39, 0.29) is 25.9 Å². The molecular formula is C27H51F2N7O14. The van der Waals surface area contributed by atoms with E-state index in [2.05, 4.69) is 5.32 Å². The van der Waals surface area contributed by atoms with Crippen LogP contribution in [0.25, 0.3) is 0 Å². The van der Waals surface area contributed by atoms with Crippen LogP contribution in [-0.4, -0.2) is 190 Å². The molecule has 3 aliphatic heterocycles. The molecule has 0 aromatic carbocycles. The van der Waals surface area contributed by atoms with Crippen molar-refractivity contribution in [3.05, 3.63) is 0 Å². The van der Waals surface area contributed by atoms with Crippen molar-refractivity contribution in [3.63, 3.8) is 0 Å². The molecule has 0 radical (unpaired) electrons. The predicted molar refractivity (Wildman–Crippen MR) is 161 cm³/mol. The third kappa shape index (κ3) is 8.68. The lowest BCUT2D eigenvalue weighted by Crippen LogP contribution is -2.68. The van der Waals surface area contributed by atoms with Crippen molar-refractivity contribution in [2.75, 3.05) is 26.2 Å². The van der Waals surface area contributed by atoms with Gasteiger partial charge in [-0.05, 0) is 12.8 Å². The lowest BCUT2D eigenvalue weighted by molar-refractivity contribution is -0.296. The van der Waals surface area contributed by atoms with Gasteiger partial charge in [-0.1, -0.05) is 0 Å². The molecule has 292 valence electrons. The molecule has 1 saturated carbocycles. The molecule has 4 fully saturated rings. The highest BCUT2D eigenvalue weighted by Gasteiger charge is 2.55. The average molecular weight is 736 g/mol. The van der Waals surface area contributed by atoms with E-state index in [1.54, 1.807) is 0 Å². The number of amides is 1. The van der Waals surface area contributed by atoms with Gasteiger partial charge in [-0.2, -0.15) is 0 Å². The van der Waals surface area contributed by atoms with Crippen LogP contribution in [0.3, 0.4) is 0 Å². The number of nitrogens with one attached hydrogen (secondary N) is 1. The van der Waals surface area contributed by atoms with Gasteiger partial charge in [-0.25, -0.2) is 8.78 Å². The largest absolute Gasteiger partial charge is 0.394 e. The summed E-state index contributed by atoms with van der Waals surface area (Å²) in [5.41, 5.74) is 34.8. The van der Waals surface area contributed by atoms with E-state index in [1.807, 2.05) is 0 Å². The zero-order chi connectivity index (χ0) is 37.2. The number of halogens is 2. The summed E-state index contributed by atoms with van der Waals surface area (Å²) < 4.78 is 62.8. The molecular weight excluding hydrogens is 684 g/mol. The van der Waals surface area contributed by atoms with Crippen LogP contribution in [0.2, 0.25) is 0 Å². The second-order valence-corrected chi connectivity index (χ2v) is 13.0. The highest BCUT2D eigenvalue weighted by molar-refractivity contribution is 5.82. The van der Waals surface area contributed by atoms with Crippen molar-refractivity contribution < 1.29 is 77.7 Å². The van der Waals surface area contributed by atoms with Crippen molar-refractivity contribution in [1.82, 2.24) is 5.32 Å². The smallest absolute Gasteiger partial charge is 0.294 e. The third-order valence-electron chi connectivity index (χ3n) is 9.43. The number of aliphatic hydroxyl groups is 7. The minimum atomic E-state index is -4.01. The molecule has 3 saturated heterocycles. The Balaban J connectivity index is 1.57. The van der Waals surface area contributed by atoms with Gasteiger partial charge in [0.05, 0.1) is 43.5 Å². The second kappa shape index (κ2) is 17.1. The minimum Gasteiger partial charge on any atom is -0.394 e. The molecule has 20 N–H and O–H groups in total. The molecule has 0 spiro atoms. The Bertz CT molecular complexity index is 1110. The van der Waals surface area contributed by atoms with Crippen molar-refractivity contribution in [2.24, 2.45) is 34.4 Å². The first kappa shape index (κ1) is 41.3.